The zero-order valence-electron chi connectivity index (χ0n) is 6.96. The van der Waals surface area contributed by atoms with Gasteiger partial charge in [0.15, 0.2) is 0 Å². The summed E-state index contributed by atoms with van der Waals surface area (Å²) < 4.78 is 0. The summed E-state index contributed by atoms with van der Waals surface area (Å²) in [6.07, 6.45) is 2.88. The third-order valence-electron chi connectivity index (χ3n) is 2.55. The quantitative estimate of drug-likeness (QED) is 0.701. The Hall–Kier alpha value is -1.08. The normalized spacial score (nSPS) is 19.6. The molecule has 1 atom stereocenters. The smallest absolute Gasteiger partial charge is 0.0503 e. The number of hydrogen-bond donors (Lipinski definition) is 1. The number of hydrogen-bond acceptors (Lipinski definition) is 1. The van der Waals surface area contributed by atoms with Crippen molar-refractivity contribution in [3.8, 4) is 0 Å². The Morgan fingerprint density at radius 1 is 1.58 bits per heavy atom. The lowest BCUT2D eigenvalue weighted by Gasteiger charge is -2.30. The second-order valence-corrected chi connectivity index (χ2v) is 3.21. The minimum atomic E-state index is 0.262. The van der Waals surface area contributed by atoms with Crippen LogP contribution in [0.2, 0.25) is 0 Å². The molecule has 1 N–H and O–H groups in total. The minimum absolute atomic E-state index is 0.262. The molecule has 2 rings (SSSR count). The second kappa shape index (κ2) is 2.76. The van der Waals surface area contributed by atoms with E-state index in [9.17, 15) is 0 Å². The van der Waals surface area contributed by atoms with Gasteiger partial charge in [0.05, 0.1) is 6.61 Å². The predicted octanol–water partition coefficient (Wildman–Crippen LogP) is 1.96. The van der Waals surface area contributed by atoms with E-state index in [0.29, 0.717) is 5.92 Å². The lowest BCUT2D eigenvalue weighted by molar-refractivity contribution is 0.253. The van der Waals surface area contributed by atoms with E-state index in [1.807, 2.05) is 18.2 Å². The predicted molar refractivity (Wildman–Crippen MR) is 50.1 cm³/mol. The highest BCUT2D eigenvalue weighted by Crippen LogP contribution is 2.37. The maximum absolute atomic E-state index is 9.02. The molecule has 12 heavy (non-hydrogen) atoms. The van der Waals surface area contributed by atoms with Crippen LogP contribution in [0.25, 0.3) is 6.08 Å². The van der Waals surface area contributed by atoms with Crippen molar-refractivity contribution < 1.29 is 5.11 Å². The maximum atomic E-state index is 9.02. The molecule has 0 bridgehead atoms. The highest BCUT2D eigenvalue weighted by atomic mass is 16.3. The van der Waals surface area contributed by atoms with Crippen LogP contribution in [0.4, 0.5) is 0 Å². The molecule has 1 heteroatoms. The molecule has 0 radical (unpaired) electrons. The summed E-state index contributed by atoms with van der Waals surface area (Å²) in [5.74, 6) is 0.356. The van der Waals surface area contributed by atoms with Gasteiger partial charge in [-0.3, -0.25) is 0 Å². The van der Waals surface area contributed by atoms with Crippen molar-refractivity contribution in [1.82, 2.24) is 0 Å². The number of benzene rings is 1. The molecule has 1 unspecified atom stereocenters. The molecule has 1 nitrogen and oxygen atoms in total. The van der Waals surface area contributed by atoms with Crippen LogP contribution < -0.4 is 0 Å². The van der Waals surface area contributed by atoms with E-state index in [1.54, 1.807) is 0 Å². The van der Waals surface area contributed by atoms with Gasteiger partial charge in [-0.2, -0.15) is 0 Å². The van der Waals surface area contributed by atoms with E-state index in [-0.39, 0.29) is 6.61 Å². The van der Waals surface area contributed by atoms with Crippen LogP contribution in [0.1, 0.15) is 22.6 Å². The van der Waals surface area contributed by atoms with Crippen LogP contribution in [-0.2, 0) is 6.42 Å². The van der Waals surface area contributed by atoms with E-state index in [2.05, 4.69) is 12.6 Å². The van der Waals surface area contributed by atoms with Crippen LogP contribution in [0, 0.1) is 0 Å². The molecule has 62 valence electrons. The van der Waals surface area contributed by atoms with Gasteiger partial charge in [-0.25, -0.2) is 0 Å². The lowest BCUT2D eigenvalue weighted by atomic mass is 9.75. The second-order valence-electron chi connectivity index (χ2n) is 3.21. The number of aliphatic hydroxyl groups excluding tert-OH is 1. The zero-order valence-corrected chi connectivity index (χ0v) is 6.96. The molecule has 0 amide bonds. The first-order chi connectivity index (χ1) is 5.86. The van der Waals surface area contributed by atoms with Gasteiger partial charge in [-0.15, -0.1) is 0 Å². The van der Waals surface area contributed by atoms with Gasteiger partial charge >= 0.3 is 0 Å². The molecular weight excluding hydrogens is 148 g/mol. The minimum Gasteiger partial charge on any atom is -0.396 e. The van der Waals surface area contributed by atoms with Crippen LogP contribution >= 0.6 is 0 Å². The zero-order chi connectivity index (χ0) is 8.55. The number of fused-ring (bicyclic) bond motifs is 1. The summed E-state index contributed by atoms with van der Waals surface area (Å²) in [6.45, 7) is 4.02. The van der Waals surface area contributed by atoms with Crippen molar-refractivity contribution in [1.29, 1.82) is 0 Å². The molecule has 1 aromatic rings. The molecule has 0 aromatic heterocycles. The highest BCUT2D eigenvalue weighted by Gasteiger charge is 2.26. The van der Waals surface area contributed by atoms with Gasteiger partial charge in [0, 0.05) is 5.92 Å². The first kappa shape index (κ1) is 7.56. The van der Waals surface area contributed by atoms with Gasteiger partial charge in [0.1, 0.15) is 0 Å². The van der Waals surface area contributed by atoms with Crippen LogP contribution in [-0.4, -0.2) is 11.7 Å². The van der Waals surface area contributed by atoms with Crippen LogP contribution in [0.5, 0.6) is 0 Å². The van der Waals surface area contributed by atoms with E-state index in [4.69, 9.17) is 5.11 Å². The van der Waals surface area contributed by atoms with E-state index in [0.717, 1.165) is 6.42 Å². The lowest BCUT2D eigenvalue weighted by Crippen LogP contribution is -2.21. The topological polar surface area (TPSA) is 20.2 Å². The van der Waals surface area contributed by atoms with Crippen molar-refractivity contribution in [2.45, 2.75) is 12.3 Å². The maximum Gasteiger partial charge on any atom is 0.0503 e. The molecule has 1 aromatic carbocycles. The molecular formula is C11H12O. The summed E-state index contributed by atoms with van der Waals surface area (Å²) in [7, 11) is 0. The van der Waals surface area contributed by atoms with Crippen LogP contribution in [0.3, 0.4) is 0 Å². The van der Waals surface area contributed by atoms with Crippen molar-refractivity contribution in [3.63, 3.8) is 0 Å². The standard InChI is InChI=1S/C11H12O/c1-2-8-4-3-5-9-6-10(7-12)11(8)9/h2-5,10,12H,1,6-7H2. The fourth-order valence-electron chi connectivity index (χ4n) is 1.88. The van der Waals surface area contributed by atoms with Crippen LogP contribution in [0.15, 0.2) is 24.8 Å². The van der Waals surface area contributed by atoms with Gasteiger partial charge in [-0.1, -0.05) is 30.9 Å². The Labute approximate surface area is 72.4 Å². The third kappa shape index (κ3) is 0.901. The number of aliphatic hydroxyl groups is 1. The fourth-order valence-corrected chi connectivity index (χ4v) is 1.88. The van der Waals surface area contributed by atoms with E-state index in [1.165, 1.54) is 16.7 Å². The average molecular weight is 160 g/mol. The van der Waals surface area contributed by atoms with Crippen molar-refractivity contribution in [3.05, 3.63) is 41.5 Å². The highest BCUT2D eigenvalue weighted by molar-refractivity contribution is 5.59. The molecule has 1 aliphatic carbocycles. The molecule has 0 fully saturated rings. The SMILES string of the molecule is C=Cc1cccc2c1C(CO)C2. The Morgan fingerprint density at radius 2 is 2.42 bits per heavy atom. The molecule has 0 spiro atoms. The summed E-state index contributed by atoms with van der Waals surface area (Å²) in [6, 6.07) is 6.21. The van der Waals surface area contributed by atoms with Crippen molar-refractivity contribution >= 4 is 6.08 Å². The first-order valence-corrected chi connectivity index (χ1v) is 4.22. The molecule has 1 aliphatic rings. The van der Waals surface area contributed by atoms with E-state index < -0.39 is 0 Å². The average Bonchev–Trinajstić information content (AvgIpc) is 2.07. The Kier molecular flexibility index (Phi) is 1.74. The summed E-state index contributed by atoms with van der Waals surface area (Å²) in [5.41, 5.74) is 3.85. The molecule has 0 aliphatic heterocycles. The Bertz CT molecular complexity index is 315. The van der Waals surface area contributed by atoms with Crippen molar-refractivity contribution in [2.24, 2.45) is 0 Å². The monoisotopic (exact) mass is 160 g/mol. The molecule has 0 heterocycles. The van der Waals surface area contributed by atoms with Gasteiger partial charge < -0.3 is 5.11 Å². The molecule has 0 saturated heterocycles. The van der Waals surface area contributed by atoms with Gasteiger partial charge in [0.2, 0.25) is 0 Å². The summed E-state index contributed by atoms with van der Waals surface area (Å²) >= 11 is 0. The first-order valence-electron chi connectivity index (χ1n) is 4.22. The fraction of sp³-hybridized carbons (Fsp3) is 0.273. The Morgan fingerprint density at radius 3 is 3.08 bits per heavy atom. The summed E-state index contributed by atoms with van der Waals surface area (Å²) in [5, 5.41) is 9.02. The number of rotatable bonds is 2. The van der Waals surface area contributed by atoms with Crippen molar-refractivity contribution in [2.75, 3.05) is 6.61 Å². The summed E-state index contributed by atoms with van der Waals surface area (Å²) in [4.78, 5) is 0. The third-order valence-corrected chi connectivity index (χ3v) is 2.55. The largest absolute Gasteiger partial charge is 0.396 e. The van der Waals surface area contributed by atoms with E-state index >= 15 is 0 Å². The molecule has 0 saturated carbocycles. The van der Waals surface area contributed by atoms with Gasteiger partial charge in [-0.05, 0) is 23.1 Å². The Balaban J connectivity index is 2.46. The van der Waals surface area contributed by atoms with Gasteiger partial charge in [0.25, 0.3) is 0 Å².